The highest BCUT2D eigenvalue weighted by Crippen LogP contribution is 2.21. The molecule has 0 spiro atoms. The van der Waals surface area contributed by atoms with Crippen LogP contribution >= 0.6 is 0 Å². The molecule has 0 bridgehead atoms. The molecule has 0 unspecified atom stereocenters. The minimum Gasteiger partial charge on any atom is -0.0834 e. The standard InChI is InChI=1S/C19H22/c1-19(2,3)15-7-8-16-11-13-18(14-12-16)17-9-5-4-6-10-17/h4-14H,15H2,1-3H3/b8-7+. The van der Waals surface area contributed by atoms with Crippen molar-refractivity contribution in [3.63, 3.8) is 0 Å². The third kappa shape index (κ3) is 4.40. The van der Waals surface area contributed by atoms with Crippen LogP contribution in [0.2, 0.25) is 0 Å². The van der Waals surface area contributed by atoms with Gasteiger partial charge in [-0.2, -0.15) is 0 Å². The van der Waals surface area contributed by atoms with E-state index in [1.165, 1.54) is 16.7 Å². The fraction of sp³-hybridized carbons (Fsp3) is 0.263. The molecular formula is C19H22. The predicted octanol–water partition coefficient (Wildman–Crippen LogP) is 5.80. The zero-order valence-electron chi connectivity index (χ0n) is 12.1. The van der Waals surface area contributed by atoms with Gasteiger partial charge in [0.25, 0.3) is 0 Å². The molecule has 0 saturated heterocycles. The van der Waals surface area contributed by atoms with Crippen LogP contribution in [0.15, 0.2) is 60.7 Å². The van der Waals surface area contributed by atoms with Crippen LogP contribution in [0.5, 0.6) is 0 Å². The van der Waals surface area contributed by atoms with E-state index in [-0.39, 0.29) is 0 Å². The smallest absolute Gasteiger partial charge is 0.0184 e. The number of allylic oxidation sites excluding steroid dienone is 1. The molecule has 0 aromatic heterocycles. The van der Waals surface area contributed by atoms with Crippen molar-refractivity contribution >= 4 is 6.08 Å². The van der Waals surface area contributed by atoms with Crippen LogP contribution in [0.4, 0.5) is 0 Å². The van der Waals surface area contributed by atoms with Gasteiger partial charge in [0.15, 0.2) is 0 Å². The van der Waals surface area contributed by atoms with Gasteiger partial charge >= 0.3 is 0 Å². The Kier molecular flexibility index (Phi) is 4.21. The van der Waals surface area contributed by atoms with E-state index in [1.807, 2.05) is 6.07 Å². The molecule has 2 aromatic rings. The maximum absolute atomic E-state index is 2.26. The molecule has 0 heteroatoms. The van der Waals surface area contributed by atoms with Crippen LogP contribution in [0.3, 0.4) is 0 Å². The first-order valence-corrected chi connectivity index (χ1v) is 6.87. The summed E-state index contributed by atoms with van der Waals surface area (Å²) in [5.74, 6) is 0. The van der Waals surface area contributed by atoms with E-state index in [0.29, 0.717) is 5.41 Å². The predicted molar refractivity (Wildman–Crippen MR) is 85.0 cm³/mol. The van der Waals surface area contributed by atoms with E-state index >= 15 is 0 Å². The molecule has 0 aliphatic heterocycles. The van der Waals surface area contributed by atoms with Crippen molar-refractivity contribution in [2.45, 2.75) is 27.2 Å². The molecule has 0 amide bonds. The molecular weight excluding hydrogens is 228 g/mol. The normalized spacial score (nSPS) is 11.9. The second kappa shape index (κ2) is 5.88. The first kappa shape index (κ1) is 13.6. The van der Waals surface area contributed by atoms with Crippen molar-refractivity contribution in [3.05, 3.63) is 66.2 Å². The van der Waals surface area contributed by atoms with Crippen LogP contribution in [0.1, 0.15) is 32.8 Å². The number of rotatable bonds is 3. The van der Waals surface area contributed by atoms with Crippen LogP contribution in [0, 0.1) is 5.41 Å². The highest BCUT2D eigenvalue weighted by Gasteiger charge is 2.06. The molecule has 0 aliphatic carbocycles. The van der Waals surface area contributed by atoms with Gasteiger partial charge in [-0.3, -0.25) is 0 Å². The molecule has 0 nitrogen and oxygen atoms in total. The van der Waals surface area contributed by atoms with E-state index in [9.17, 15) is 0 Å². The summed E-state index contributed by atoms with van der Waals surface area (Å²) in [6.07, 6.45) is 5.57. The number of benzene rings is 2. The first-order chi connectivity index (χ1) is 9.04. The summed E-state index contributed by atoms with van der Waals surface area (Å²) in [6, 6.07) is 19.2. The Hall–Kier alpha value is -1.82. The quantitative estimate of drug-likeness (QED) is 0.645. The second-order valence-corrected chi connectivity index (χ2v) is 6.16. The highest BCUT2D eigenvalue weighted by molar-refractivity contribution is 5.65. The summed E-state index contributed by atoms with van der Waals surface area (Å²) < 4.78 is 0. The Morgan fingerprint density at radius 3 is 1.95 bits per heavy atom. The van der Waals surface area contributed by atoms with Crippen molar-refractivity contribution < 1.29 is 0 Å². The summed E-state index contributed by atoms with van der Waals surface area (Å²) in [6.45, 7) is 6.78. The Morgan fingerprint density at radius 2 is 1.37 bits per heavy atom. The lowest BCUT2D eigenvalue weighted by Gasteiger charge is -2.14. The molecule has 0 fully saturated rings. The topological polar surface area (TPSA) is 0 Å². The van der Waals surface area contributed by atoms with Gasteiger partial charge in [-0.25, -0.2) is 0 Å². The lowest BCUT2D eigenvalue weighted by Crippen LogP contribution is -2.01. The average Bonchev–Trinajstić information content (AvgIpc) is 2.39. The zero-order chi connectivity index (χ0) is 13.7. The Morgan fingerprint density at radius 1 is 0.789 bits per heavy atom. The number of hydrogen-bond acceptors (Lipinski definition) is 0. The van der Waals surface area contributed by atoms with Gasteiger partial charge in [-0.1, -0.05) is 87.5 Å². The summed E-state index contributed by atoms with van der Waals surface area (Å²) in [5, 5.41) is 0. The Labute approximate surface area is 116 Å². The minimum atomic E-state index is 0.362. The van der Waals surface area contributed by atoms with Gasteiger partial charge in [0, 0.05) is 0 Å². The maximum Gasteiger partial charge on any atom is -0.0184 e. The van der Waals surface area contributed by atoms with Crippen molar-refractivity contribution in [2.75, 3.05) is 0 Å². The molecule has 0 atom stereocenters. The molecule has 98 valence electrons. The van der Waals surface area contributed by atoms with Crippen LogP contribution in [-0.4, -0.2) is 0 Å². The van der Waals surface area contributed by atoms with Gasteiger partial charge < -0.3 is 0 Å². The average molecular weight is 250 g/mol. The van der Waals surface area contributed by atoms with Crippen LogP contribution in [-0.2, 0) is 0 Å². The van der Waals surface area contributed by atoms with Crippen LogP contribution < -0.4 is 0 Å². The van der Waals surface area contributed by atoms with Gasteiger partial charge in [0.05, 0.1) is 0 Å². The second-order valence-electron chi connectivity index (χ2n) is 6.16. The summed E-state index contributed by atoms with van der Waals surface area (Å²) in [5.41, 5.74) is 4.17. The lowest BCUT2D eigenvalue weighted by molar-refractivity contribution is 0.421. The lowest BCUT2D eigenvalue weighted by atomic mass is 9.92. The SMILES string of the molecule is CC(C)(C)C/C=C/c1ccc(-c2ccccc2)cc1. The zero-order valence-corrected chi connectivity index (χ0v) is 12.1. The van der Waals surface area contributed by atoms with Gasteiger partial charge in [0.2, 0.25) is 0 Å². The minimum absolute atomic E-state index is 0.362. The molecule has 0 N–H and O–H groups in total. The Balaban J connectivity index is 2.07. The van der Waals surface area contributed by atoms with E-state index in [0.717, 1.165) is 6.42 Å². The number of hydrogen-bond donors (Lipinski definition) is 0. The highest BCUT2D eigenvalue weighted by atomic mass is 14.1. The molecule has 0 radical (unpaired) electrons. The van der Waals surface area contributed by atoms with Gasteiger partial charge in [-0.15, -0.1) is 0 Å². The van der Waals surface area contributed by atoms with Crippen molar-refractivity contribution in [3.8, 4) is 11.1 Å². The summed E-state index contributed by atoms with van der Waals surface area (Å²) >= 11 is 0. The maximum atomic E-state index is 2.26. The molecule has 0 aliphatic rings. The summed E-state index contributed by atoms with van der Waals surface area (Å²) in [4.78, 5) is 0. The summed E-state index contributed by atoms with van der Waals surface area (Å²) in [7, 11) is 0. The fourth-order valence-electron chi connectivity index (χ4n) is 1.97. The van der Waals surface area contributed by atoms with Crippen molar-refractivity contribution in [1.29, 1.82) is 0 Å². The third-order valence-corrected chi connectivity index (χ3v) is 3.06. The third-order valence-electron chi connectivity index (χ3n) is 3.06. The van der Waals surface area contributed by atoms with Crippen LogP contribution in [0.25, 0.3) is 17.2 Å². The van der Waals surface area contributed by atoms with Gasteiger partial charge in [0.1, 0.15) is 0 Å². The largest absolute Gasteiger partial charge is 0.0834 e. The van der Waals surface area contributed by atoms with Gasteiger partial charge in [-0.05, 0) is 28.5 Å². The molecule has 0 saturated carbocycles. The Bertz CT molecular complexity index is 525. The van der Waals surface area contributed by atoms with Crippen molar-refractivity contribution in [2.24, 2.45) is 5.41 Å². The molecule has 19 heavy (non-hydrogen) atoms. The van der Waals surface area contributed by atoms with E-state index in [2.05, 4.69) is 81.5 Å². The van der Waals surface area contributed by atoms with Crippen molar-refractivity contribution in [1.82, 2.24) is 0 Å². The molecule has 2 rings (SSSR count). The fourth-order valence-corrected chi connectivity index (χ4v) is 1.97. The molecule has 0 heterocycles. The first-order valence-electron chi connectivity index (χ1n) is 6.87. The van der Waals surface area contributed by atoms with E-state index < -0.39 is 0 Å². The van der Waals surface area contributed by atoms with E-state index in [1.54, 1.807) is 0 Å². The van der Waals surface area contributed by atoms with E-state index in [4.69, 9.17) is 0 Å². The monoisotopic (exact) mass is 250 g/mol. The molecule has 2 aromatic carbocycles.